The van der Waals surface area contributed by atoms with Gasteiger partial charge in [-0.15, -0.1) is 0 Å². The standard InChI is InChI=1S/C18H23BrN2O/c19-16-7-5-15(6-8-16)18(22)9-13-21-12-3-4-17(21)14-20-10-1-2-11-20/h5-9,13,17H,1-4,10-12,14H2/b13-9+/t17-/m0/s1. The van der Waals surface area contributed by atoms with Gasteiger partial charge in [-0.1, -0.05) is 15.9 Å². The fourth-order valence-electron chi connectivity index (χ4n) is 3.39. The van der Waals surface area contributed by atoms with Gasteiger partial charge in [-0.2, -0.15) is 0 Å². The molecule has 0 aromatic heterocycles. The Balaban J connectivity index is 1.58. The molecule has 2 fully saturated rings. The number of benzene rings is 1. The zero-order chi connectivity index (χ0) is 15.4. The van der Waals surface area contributed by atoms with Gasteiger partial charge in [-0.25, -0.2) is 0 Å². The fraction of sp³-hybridized carbons (Fsp3) is 0.500. The Morgan fingerprint density at radius 1 is 1.14 bits per heavy atom. The Hall–Kier alpha value is -1.13. The summed E-state index contributed by atoms with van der Waals surface area (Å²) in [4.78, 5) is 17.1. The van der Waals surface area contributed by atoms with Crippen LogP contribution >= 0.6 is 15.9 Å². The SMILES string of the molecule is O=C(/C=C/N1CCC[C@H]1CN1CCCC1)c1ccc(Br)cc1. The molecule has 1 aromatic carbocycles. The molecule has 4 heteroatoms. The molecule has 0 spiro atoms. The molecule has 2 aliphatic rings. The van der Waals surface area contributed by atoms with Crippen molar-refractivity contribution in [3.05, 3.63) is 46.6 Å². The molecule has 22 heavy (non-hydrogen) atoms. The van der Waals surface area contributed by atoms with Crippen LogP contribution in [0.5, 0.6) is 0 Å². The highest BCUT2D eigenvalue weighted by Gasteiger charge is 2.25. The zero-order valence-corrected chi connectivity index (χ0v) is 14.5. The van der Waals surface area contributed by atoms with E-state index in [2.05, 4.69) is 25.7 Å². The third kappa shape index (κ3) is 3.99. The molecule has 0 bridgehead atoms. The first-order chi connectivity index (χ1) is 10.7. The van der Waals surface area contributed by atoms with Crippen molar-refractivity contribution < 1.29 is 4.79 Å². The van der Waals surface area contributed by atoms with Crippen LogP contribution in [0, 0.1) is 0 Å². The van der Waals surface area contributed by atoms with Crippen LogP contribution in [-0.4, -0.2) is 47.8 Å². The van der Waals surface area contributed by atoms with E-state index in [0.717, 1.165) is 23.1 Å². The number of hydrogen-bond acceptors (Lipinski definition) is 3. The molecule has 0 amide bonds. The van der Waals surface area contributed by atoms with E-state index < -0.39 is 0 Å². The molecule has 0 N–H and O–H groups in total. The Kier molecular flexibility index (Phi) is 5.32. The lowest BCUT2D eigenvalue weighted by Gasteiger charge is -2.27. The molecule has 3 nitrogen and oxygen atoms in total. The summed E-state index contributed by atoms with van der Waals surface area (Å²) in [6.45, 7) is 4.71. The highest BCUT2D eigenvalue weighted by atomic mass is 79.9. The summed E-state index contributed by atoms with van der Waals surface area (Å²) in [6, 6.07) is 8.12. The largest absolute Gasteiger partial charge is 0.373 e. The van der Waals surface area contributed by atoms with E-state index in [1.54, 1.807) is 6.08 Å². The number of allylic oxidation sites excluding steroid dienone is 1. The summed E-state index contributed by atoms with van der Waals surface area (Å²) in [7, 11) is 0. The van der Waals surface area contributed by atoms with E-state index in [1.807, 2.05) is 30.5 Å². The normalized spacial score (nSPS) is 22.8. The first-order valence-corrected chi connectivity index (χ1v) is 8.98. The Morgan fingerprint density at radius 2 is 1.86 bits per heavy atom. The highest BCUT2D eigenvalue weighted by molar-refractivity contribution is 9.10. The van der Waals surface area contributed by atoms with Crippen molar-refractivity contribution in [3.63, 3.8) is 0 Å². The monoisotopic (exact) mass is 362 g/mol. The van der Waals surface area contributed by atoms with Crippen molar-refractivity contribution >= 4 is 21.7 Å². The third-order valence-corrected chi connectivity index (χ3v) is 5.17. The molecular weight excluding hydrogens is 340 g/mol. The van der Waals surface area contributed by atoms with Gasteiger partial charge in [0.2, 0.25) is 0 Å². The maximum atomic E-state index is 12.2. The van der Waals surface area contributed by atoms with Gasteiger partial charge >= 0.3 is 0 Å². The number of ketones is 1. The van der Waals surface area contributed by atoms with Gasteiger partial charge in [0.1, 0.15) is 0 Å². The Bertz CT molecular complexity index is 535. The second-order valence-electron chi connectivity index (χ2n) is 6.23. The third-order valence-electron chi connectivity index (χ3n) is 4.64. The van der Waals surface area contributed by atoms with Crippen LogP contribution in [0.1, 0.15) is 36.0 Å². The predicted octanol–water partition coefficient (Wildman–Crippen LogP) is 3.71. The van der Waals surface area contributed by atoms with Crippen molar-refractivity contribution in [3.8, 4) is 0 Å². The summed E-state index contributed by atoms with van der Waals surface area (Å²) in [5.41, 5.74) is 0.745. The molecule has 2 heterocycles. The summed E-state index contributed by atoms with van der Waals surface area (Å²) < 4.78 is 0.998. The molecule has 3 rings (SSSR count). The van der Waals surface area contributed by atoms with Crippen molar-refractivity contribution in [1.29, 1.82) is 0 Å². The van der Waals surface area contributed by atoms with Crippen LogP contribution in [0.25, 0.3) is 0 Å². The average molecular weight is 363 g/mol. The molecule has 0 aliphatic carbocycles. The second kappa shape index (κ2) is 7.42. The van der Waals surface area contributed by atoms with Gasteiger partial charge < -0.3 is 9.80 Å². The van der Waals surface area contributed by atoms with E-state index in [-0.39, 0.29) is 5.78 Å². The Morgan fingerprint density at radius 3 is 2.59 bits per heavy atom. The molecule has 0 saturated carbocycles. The van der Waals surface area contributed by atoms with Crippen LogP contribution in [0.15, 0.2) is 41.0 Å². The van der Waals surface area contributed by atoms with Crippen molar-refractivity contribution in [2.24, 2.45) is 0 Å². The first-order valence-electron chi connectivity index (χ1n) is 8.18. The van der Waals surface area contributed by atoms with Gasteiger partial charge in [0, 0.05) is 41.4 Å². The van der Waals surface area contributed by atoms with E-state index >= 15 is 0 Å². The molecule has 1 atom stereocenters. The smallest absolute Gasteiger partial charge is 0.187 e. The lowest BCUT2D eigenvalue weighted by molar-refractivity contribution is 0.104. The van der Waals surface area contributed by atoms with Gasteiger partial charge in [0.25, 0.3) is 0 Å². The number of carbonyl (C=O) groups is 1. The van der Waals surface area contributed by atoms with Crippen LogP contribution in [0.3, 0.4) is 0 Å². The summed E-state index contributed by atoms with van der Waals surface area (Å²) in [6.07, 6.45) is 8.89. The summed E-state index contributed by atoms with van der Waals surface area (Å²) in [5, 5.41) is 0. The maximum absolute atomic E-state index is 12.2. The van der Waals surface area contributed by atoms with Crippen molar-refractivity contribution in [2.45, 2.75) is 31.7 Å². The zero-order valence-electron chi connectivity index (χ0n) is 12.9. The minimum Gasteiger partial charge on any atom is -0.373 e. The van der Waals surface area contributed by atoms with E-state index in [1.165, 1.54) is 38.8 Å². The number of halogens is 1. The topological polar surface area (TPSA) is 23.6 Å². The molecule has 0 unspecified atom stereocenters. The summed E-state index contributed by atoms with van der Waals surface area (Å²) in [5.74, 6) is 0.0827. The van der Waals surface area contributed by atoms with E-state index in [4.69, 9.17) is 0 Å². The van der Waals surface area contributed by atoms with Gasteiger partial charge in [-0.05, 0) is 63.0 Å². The van der Waals surface area contributed by atoms with Gasteiger partial charge in [0.05, 0.1) is 0 Å². The second-order valence-corrected chi connectivity index (χ2v) is 7.14. The Labute approximate surface area is 141 Å². The number of rotatable bonds is 5. The molecule has 2 aliphatic heterocycles. The lowest BCUT2D eigenvalue weighted by Crippen LogP contribution is -2.36. The average Bonchev–Trinajstić information content (AvgIpc) is 3.18. The summed E-state index contributed by atoms with van der Waals surface area (Å²) >= 11 is 3.39. The molecule has 0 radical (unpaired) electrons. The van der Waals surface area contributed by atoms with Crippen LogP contribution in [-0.2, 0) is 0 Å². The van der Waals surface area contributed by atoms with Crippen molar-refractivity contribution in [2.75, 3.05) is 26.2 Å². The molecular formula is C18H23BrN2O. The van der Waals surface area contributed by atoms with E-state index in [0.29, 0.717) is 6.04 Å². The number of nitrogens with zero attached hydrogens (tertiary/aromatic N) is 2. The minimum atomic E-state index is 0.0827. The predicted molar refractivity (Wildman–Crippen MR) is 93.0 cm³/mol. The lowest BCUT2D eigenvalue weighted by atomic mass is 10.1. The van der Waals surface area contributed by atoms with Gasteiger partial charge in [0.15, 0.2) is 5.78 Å². The number of carbonyl (C=O) groups excluding carboxylic acids is 1. The quantitative estimate of drug-likeness (QED) is 0.589. The van der Waals surface area contributed by atoms with Crippen LogP contribution in [0.4, 0.5) is 0 Å². The van der Waals surface area contributed by atoms with Crippen LogP contribution in [0.2, 0.25) is 0 Å². The first kappa shape index (κ1) is 15.8. The molecule has 2 saturated heterocycles. The maximum Gasteiger partial charge on any atom is 0.187 e. The molecule has 118 valence electrons. The van der Waals surface area contributed by atoms with Crippen LogP contribution < -0.4 is 0 Å². The van der Waals surface area contributed by atoms with Gasteiger partial charge in [-0.3, -0.25) is 4.79 Å². The number of likely N-dealkylation sites (tertiary alicyclic amines) is 2. The number of hydrogen-bond donors (Lipinski definition) is 0. The highest BCUT2D eigenvalue weighted by Crippen LogP contribution is 2.21. The minimum absolute atomic E-state index is 0.0827. The van der Waals surface area contributed by atoms with E-state index in [9.17, 15) is 4.79 Å². The van der Waals surface area contributed by atoms with Crippen molar-refractivity contribution in [1.82, 2.24) is 9.80 Å². The fourth-order valence-corrected chi connectivity index (χ4v) is 3.65. The molecule has 1 aromatic rings.